The van der Waals surface area contributed by atoms with Crippen LogP contribution in [0.1, 0.15) is 120 Å². The molecule has 2 aromatic rings. The van der Waals surface area contributed by atoms with E-state index in [1.807, 2.05) is 18.2 Å². The third-order valence-corrected chi connectivity index (χ3v) is 8.14. The smallest absolute Gasteiger partial charge is 0.303 e. The van der Waals surface area contributed by atoms with Crippen LogP contribution in [-0.4, -0.2) is 36.1 Å². The van der Waals surface area contributed by atoms with E-state index in [2.05, 4.69) is 43.1 Å². The zero-order chi connectivity index (χ0) is 27.2. The number of aliphatic carboxylic acids is 1. The van der Waals surface area contributed by atoms with Gasteiger partial charge in [-0.3, -0.25) is 4.79 Å². The molecule has 38 heavy (non-hydrogen) atoms. The molecular formula is C33H48ClNO3. The van der Waals surface area contributed by atoms with Crippen LogP contribution in [0.15, 0.2) is 42.5 Å². The topological polar surface area (TPSA) is 49.8 Å². The fourth-order valence-electron chi connectivity index (χ4n) is 5.83. The number of carbonyl (C=O) groups is 1. The molecule has 4 rings (SSSR count). The average Bonchev–Trinajstić information content (AvgIpc) is 3.24. The average molecular weight is 542 g/mol. The monoisotopic (exact) mass is 541 g/mol. The summed E-state index contributed by atoms with van der Waals surface area (Å²) in [5.41, 5.74) is 2.55. The van der Waals surface area contributed by atoms with Crippen molar-refractivity contribution >= 4 is 17.6 Å². The van der Waals surface area contributed by atoms with Gasteiger partial charge in [0.05, 0.1) is 0 Å². The van der Waals surface area contributed by atoms with Gasteiger partial charge in [0.1, 0.15) is 11.5 Å². The molecule has 1 N–H and O–H groups in total. The highest BCUT2D eigenvalue weighted by molar-refractivity contribution is 6.30. The highest BCUT2D eigenvalue weighted by Crippen LogP contribution is 2.49. The number of ether oxygens (including phenoxy) is 1. The Kier molecular flexibility index (Phi) is 13.5. The number of fused-ring (bicyclic) bond motifs is 5. The number of halogens is 1. The first-order valence-corrected chi connectivity index (χ1v) is 15.3. The van der Waals surface area contributed by atoms with Gasteiger partial charge in [0.2, 0.25) is 0 Å². The van der Waals surface area contributed by atoms with Crippen LogP contribution in [-0.2, 0) is 4.79 Å². The molecular weight excluding hydrogens is 494 g/mol. The molecule has 0 bridgehead atoms. The van der Waals surface area contributed by atoms with Crippen LogP contribution in [0.5, 0.6) is 11.5 Å². The van der Waals surface area contributed by atoms with E-state index in [0.717, 1.165) is 42.5 Å². The molecule has 0 aromatic heterocycles. The maximum atomic E-state index is 10.3. The second-order valence-corrected chi connectivity index (χ2v) is 11.6. The predicted molar refractivity (Wildman–Crippen MR) is 159 cm³/mol. The van der Waals surface area contributed by atoms with Crippen LogP contribution in [0.4, 0.5) is 0 Å². The van der Waals surface area contributed by atoms with Crippen LogP contribution in [0.3, 0.4) is 0 Å². The Morgan fingerprint density at radius 2 is 1.34 bits per heavy atom. The van der Waals surface area contributed by atoms with Crippen molar-refractivity contribution in [1.29, 1.82) is 0 Å². The first-order chi connectivity index (χ1) is 18.5. The molecule has 0 unspecified atom stereocenters. The van der Waals surface area contributed by atoms with Crippen molar-refractivity contribution in [2.45, 2.75) is 109 Å². The second-order valence-electron chi connectivity index (χ2n) is 11.1. The minimum absolute atomic E-state index is 0.345. The lowest BCUT2D eigenvalue weighted by atomic mass is 9.84. The van der Waals surface area contributed by atoms with Gasteiger partial charge in [-0.25, -0.2) is 0 Å². The fraction of sp³-hybridized carbons (Fsp3) is 0.606. The molecule has 0 amide bonds. The standard InChI is InChI=1S/C17H16ClNO.C16H32O2/c1-19-9-14-12-4-2-3-5-16(12)20-17-7-6-11(18)8-13(17)15(14)10-19;1-2-3-4-5-6-7-8-9-10-11-12-13-14-15-16(17)18/h2-8,14-15H,9-10H2,1H3;2-15H2,1H3,(H,17,18)/t14-,15-;/m0./s1. The molecule has 2 aliphatic heterocycles. The molecule has 210 valence electrons. The van der Waals surface area contributed by atoms with E-state index < -0.39 is 5.97 Å². The Morgan fingerprint density at radius 1 is 0.816 bits per heavy atom. The van der Waals surface area contributed by atoms with Gasteiger partial charge >= 0.3 is 5.97 Å². The van der Waals surface area contributed by atoms with Crippen LogP contribution in [0, 0.1) is 0 Å². The lowest BCUT2D eigenvalue weighted by molar-refractivity contribution is -0.137. The van der Waals surface area contributed by atoms with Gasteiger partial charge in [0, 0.05) is 41.9 Å². The minimum atomic E-state index is -0.655. The number of para-hydroxylation sites is 1. The summed E-state index contributed by atoms with van der Waals surface area (Å²) in [6.07, 6.45) is 17.3. The SMILES string of the molecule is CCCCCCCCCCCCCCCC(=O)O.CN1C[C@H]2c3ccccc3Oc3ccc(Cl)cc3[C@@H]2C1. The molecule has 0 aliphatic carbocycles. The van der Waals surface area contributed by atoms with Crippen LogP contribution in [0.2, 0.25) is 5.02 Å². The zero-order valence-corrected chi connectivity index (χ0v) is 24.4. The summed E-state index contributed by atoms with van der Waals surface area (Å²) in [5.74, 6) is 2.22. The number of likely N-dealkylation sites (N-methyl/N-ethyl adjacent to an activating group) is 1. The third-order valence-electron chi connectivity index (χ3n) is 7.91. The summed E-state index contributed by atoms with van der Waals surface area (Å²) in [6, 6.07) is 14.4. The number of carboxylic acids is 1. The number of rotatable bonds is 14. The van der Waals surface area contributed by atoms with Crippen LogP contribution in [0.25, 0.3) is 0 Å². The molecule has 0 radical (unpaired) electrons. The van der Waals surface area contributed by atoms with Crippen molar-refractivity contribution in [3.8, 4) is 11.5 Å². The molecule has 2 aromatic carbocycles. The Bertz CT molecular complexity index is 978. The van der Waals surface area contributed by atoms with Gasteiger partial charge in [-0.05, 0) is 43.3 Å². The molecule has 2 heterocycles. The van der Waals surface area contributed by atoms with E-state index in [1.165, 1.54) is 81.8 Å². The fourth-order valence-corrected chi connectivity index (χ4v) is 6.01. The number of hydrogen-bond acceptors (Lipinski definition) is 3. The van der Waals surface area contributed by atoms with Crippen molar-refractivity contribution < 1.29 is 14.6 Å². The van der Waals surface area contributed by atoms with Crippen LogP contribution >= 0.6 is 11.6 Å². The molecule has 5 heteroatoms. The summed E-state index contributed by atoms with van der Waals surface area (Å²) in [5, 5.41) is 9.27. The molecule has 2 atom stereocenters. The maximum Gasteiger partial charge on any atom is 0.303 e. The van der Waals surface area contributed by atoms with Crippen LogP contribution < -0.4 is 4.74 Å². The summed E-state index contributed by atoms with van der Waals surface area (Å²) < 4.78 is 6.15. The van der Waals surface area contributed by atoms with Gasteiger partial charge in [-0.15, -0.1) is 0 Å². The van der Waals surface area contributed by atoms with E-state index >= 15 is 0 Å². The Morgan fingerprint density at radius 3 is 1.95 bits per heavy atom. The van der Waals surface area contributed by atoms with Gasteiger partial charge in [-0.1, -0.05) is 114 Å². The number of carboxylic acid groups (broad SMARTS) is 1. The molecule has 1 fully saturated rings. The third kappa shape index (κ3) is 9.93. The Labute approximate surface area is 235 Å². The normalized spacial score (nSPS) is 17.9. The van der Waals surface area contributed by atoms with Gasteiger partial charge < -0.3 is 14.7 Å². The molecule has 2 aliphatic rings. The van der Waals surface area contributed by atoms with Crippen molar-refractivity contribution in [1.82, 2.24) is 4.90 Å². The van der Waals surface area contributed by atoms with Crippen molar-refractivity contribution in [2.75, 3.05) is 20.1 Å². The summed E-state index contributed by atoms with van der Waals surface area (Å²) in [7, 11) is 2.18. The maximum absolute atomic E-state index is 10.3. The van der Waals surface area contributed by atoms with E-state index in [9.17, 15) is 4.79 Å². The highest BCUT2D eigenvalue weighted by Gasteiger charge is 2.38. The van der Waals surface area contributed by atoms with E-state index in [0.29, 0.717) is 18.3 Å². The van der Waals surface area contributed by atoms with Crippen molar-refractivity contribution in [3.05, 3.63) is 58.6 Å². The van der Waals surface area contributed by atoms with E-state index in [1.54, 1.807) is 0 Å². The molecule has 0 spiro atoms. The quantitative estimate of drug-likeness (QED) is 0.242. The number of likely N-dealkylation sites (tertiary alicyclic amines) is 1. The van der Waals surface area contributed by atoms with Gasteiger partial charge in [0.25, 0.3) is 0 Å². The number of unbranched alkanes of at least 4 members (excludes halogenated alkanes) is 12. The Hall–Kier alpha value is -2.04. The number of nitrogens with zero attached hydrogens (tertiary/aromatic N) is 1. The first-order valence-electron chi connectivity index (χ1n) is 15.0. The lowest BCUT2D eigenvalue weighted by Gasteiger charge is -2.17. The Balaban J connectivity index is 0.000000213. The number of hydrogen-bond donors (Lipinski definition) is 1. The predicted octanol–water partition coefficient (Wildman–Crippen LogP) is 9.81. The van der Waals surface area contributed by atoms with Crippen molar-refractivity contribution in [2.24, 2.45) is 0 Å². The van der Waals surface area contributed by atoms with Crippen molar-refractivity contribution in [3.63, 3.8) is 0 Å². The number of benzene rings is 2. The summed E-state index contributed by atoms with van der Waals surface area (Å²) >= 11 is 6.20. The van der Waals surface area contributed by atoms with E-state index in [4.69, 9.17) is 21.4 Å². The minimum Gasteiger partial charge on any atom is -0.481 e. The molecule has 0 saturated carbocycles. The van der Waals surface area contributed by atoms with Gasteiger partial charge in [0.15, 0.2) is 0 Å². The first kappa shape index (κ1) is 30.5. The molecule has 4 nitrogen and oxygen atoms in total. The second kappa shape index (κ2) is 16.8. The highest BCUT2D eigenvalue weighted by atomic mass is 35.5. The van der Waals surface area contributed by atoms with E-state index in [-0.39, 0.29) is 0 Å². The molecule has 1 saturated heterocycles. The summed E-state index contributed by atoms with van der Waals surface area (Å²) in [6.45, 7) is 4.38. The lowest BCUT2D eigenvalue weighted by Crippen LogP contribution is -2.14. The largest absolute Gasteiger partial charge is 0.481 e. The zero-order valence-electron chi connectivity index (χ0n) is 23.6. The van der Waals surface area contributed by atoms with Gasteiger partial charge in [-0.2, -0.15) is 0 Å². The summed E-state index contributed by atoms with van der Waals surface area (Å²) in [4.78, 5) is 12.7.